The molecule has 0 spiro atoms. The predicted octanol–water partition coefficient (Wildman–Crippen LogP) is 5.37. The van der Waals surface area contributed by atoms with Crippen LogP contribution in [0, 0.1) is 46.3 Å². The van der Waals surface area contributed by atoms with Crippen molar-refractivity contribution < 1.29 is 19.1 Å². The lowest BCUT2D eigenvalue weighted by atomic mass is 9.44. The van der Waals surface area contributed by atoms with E-state index in [2.05, 4.69) is 20.8 Å². The number of ketones is 1. The first kappa shape index (κ1) is 22.0. The molecule has 2 unspecified atom stereocenters. The number of fused-ring (bicyclic) bond motifs is 5. The first-order chi connectivity index (χ1) is 14.2. The fourth-order valence-electron chi connectivity index (χ4n) is 8.74. The minimum atomic E-state index is -0.193. The topological polar surface area (TPSA) is 60.4 Å². The molecule has 4 aliphatic carbocycles. The van der Waals surface area contributed by atoms with Crippen molar-refractivity contribution in [1.82, 2.24) is 0 Å². The van der Waals surface area contributed by atoms with Gasteiger partial charge < -0.3 is 9.53 Å². The highest BCUT2D eigenvalue weighted by atomic mass is 16.5. The van der Waals surface area contributed by atoms with Crippen LogP contribution in [0.2, 0.25) is 0 Å². The molecule has 0 saturated heterocycles. The molecule has 168 valence electrons. The third-order valence-electron chi connectivity index (χ3n) is 10.3. The first-order valence-corrected chi connectivity index (χ1v) is 12.4. The molecule has 4 saturated carbocycles. The van der Waals surface area contributed by atoms with Crippen LogP contribution in [-0.2, 0) is 19.1 Å². The largest absolute Gasteiger partial charge is 0.463 e. The highest BCUT2D eigenvalue weighted by Gasteiger charge is 2.64. The quantitative estimate of drug-likeness (QED) is 0.446. The van der Waals surface area contributed by atoms with Gasteiger partial charge in [-0.05, 0) is 92.3 Å². The molecule has 4 nitrogen and oxygen atoms in total. The number of hydrogen-bond donors (Lipinski definition) is 0. The monoisotopic (exact) mass is 416 g/mol. The number of hydrogen-bond acceptors (Lipinski definition) is 4. The van der Waals surface area contributed by atoms with Crippen molar-refractivity contribution in [2.45, 2.75) is 98.0 Å². The molecular weight excluding hydrogens is 376 g/mol. The van der Waals surface area contributed by atoms with Crippen molar-refractivity contribution in [1.29, 1.82) is 0 Å². The maximum atomic E-state index is 13.7. The summed E-state index contributed by atoms with van der Waals surface area (Å²) in [6.45, 7) is 8.48. The molecule has 4 fully saturated rings. The SMILES string of the molecule is CC(=O)OC1CC[C@@]2(C)C(CC[C@H]3[C@@H]4CC[C@H]([C@H](C)CCC=O)[C@@]4(C)C(=O)C[C@@H]32)C1. The van der Waals surface area contributed by atoms with Gasteiger partial charge in [-0.1, -0.05) is 20.8 Å². The van der Waals surface area contributed by atoms with Gasteiger partial charge in [0.15, 0.2) is 0 Å². The molecular formula is C26H40O4. The number of aldehydes is 1. The van der Waals surface area contributed by atoms with E-state index < -0.39 is 0 Å². The molecule has 0 bridgehead atoms. The van der Waals surface area contributed by atoms with Crippen LogP contribution in [0.15, 0.2) is 0 Å². The summed E-state index contributed by atoms with van der Waals surface area (Å²) in [5, 5.41) is 0. The summed E-state index contributed by atoms with van der Waals surface area (Å²) in [6.07, 6.45) is 11.1. The van der Waals surface area contributed by atoms with Gasteiger partial charge in [0.25, 0.3) is 0 Å². The predicted molar refractivity (Wildman–Crippen MR) is 116 cm³/mol. The summed E-state index contributed by atoms with van der Waals surface area (Å²) in [5.74, 6) is 3.43. The highest BCUT2D eigenvalue weighted by Crippen LogP contribution is 2.67. The maximum absolute atomic E-state index is 13.7. The van der Waals surface area contributed by atoms with Crippen LogP contribution in [-0.4, -0.2) is 24.1 Å². The van der Waals surface area contributed by atoms with Crippen molar-refractivity contribution >= 4 is 18.0 Å². The number of ether oxygens (including phenoxy) is 1. The lowest BCUT2D eigenvalue weighted by Gasteiger charge is -2.60. The molecule has 0 aromatic heterocycles. The van der Waals surface area contributed by atoms with Gasteiger partial charge in [-0.25, -0.2) is 0 Å². The molecule has 0 heterocycles. The average molecular weight is 417 g/mol. The molecule has 0 aromatic rings. The molecule has 4 heteroatoms. The fourth-order valence-corrected chi connectivity index (χ4v) is 8.74. The van der Waals surface area contributed by atoms with Crippen molar-refractivity contribution in [3.63, 3.8) is 0 Å². The van der Waals surface area contributed by atoms with E-state index in [9.17, 15) is 14.4 Å². The molecule has 9 atom stereocenters. The van der Waals surface area contributed by atoms with Crippen LogP contribution < -0.4 is 0 Å². The minimum Gasteiger partial charge on any atom is -0.463 e. The van der Waals surface area contributed by atoms with Gasteiger partial charge in [-0.15, -0.1) is 0 Å². The number of carbonyl (C=O) groups excluding carboxylic acids is 3. The van der Waals surface area contributed by atoms with Crippen LogP contribution in [0.1, 0.15) is 91.9 Å². The van der Waals surface area contributed by atoms with Crippen LogP contribution in [0.25, 0.3) is 0 Å². The maximum Gasteiger partial charge on any atom is 0.302 e. The lowest BCUT2D eigenvalue weighted by molar-refractivity contribution is -0.167. The van der Waals surface area contributed by atoms with Crippen LogP contribution >= 0.6 is 0 Å². The third-order valence-corrected chi connectivity index (χ3v) is 10.3. The molecule has 4 aliphatic rings. The number of rotatable bonds is 5. The molecule has 0 aromatic carbocycles. The number of carbonyl (C=O) groups is 3. The Hall–Kier alpha value is -1.19. The second-order valence-electron chi connectivity index (χ2n) is 11.5. The summed E-state index contributed by atoms with van der Waals surface area (Å²) in [4.78, 5) is 36.1. The minimum absolute atomic E-state index is 0.0659. The smallest absolute Gasteiger partial charge is 0.302 e. The van der Waals surface area contributed by atoms with Crippen molar-refractivity contribution in [2.75, 3.05) is 0 Å². The number of Topliss-reactive ketones (excluding diaryl/α,β-unsaturated/α-hetero) is 1. The Kier molecular flexibility index (Phi) is 5.91. The van der Waals surface area contributed by atoms with Gasteiger partial charge in [0.2, 0.25) is 0 Å². The normalized spacial score (nSPS) is 46.3. The fraction of sp³-hybridized carbons (Fsp3) is 0.885. The highest BCUT2D eigenvalue weighted by molar-refractivity contribution is 5.87. The van der Waals surface area contributed by atoms with Gasteiger partial charge in [0, 0.05) is 25.2 Å². The zero-order valence-corrected chi connectivity index (χ0v) is 19.3. The van der Waals surface area contributed by atoms with Crippen LogP contribution in [0.3, 0.4) is 0 Å². The average Bonchev–Trinajstić information content (AvgIpc) is 3.06. The van der Waals surface area contributed by atoms with E-state index in [1.165, 1.54) is 26.2 Å². The first-order valence-electron chi connectivity index (χ1n) is 12.4. The molecule has 0 amide bonds. The van der Waals surface area contributed by atoms with Crippen LogP contribution in [0.4, 0.5) is 0 Å². The molecule has 4 rings (SSSR count). The Bertz CT molecular complexity index is 701. The van der Waals surface area contributed by atoms with Gasteiger partial charge in [-0.3, -0.25) is 9.59 Å². The summed E-state index contributed by atoms with van der Waals surface area (Å²) < 4.78 is 5.57. The lowest BCUT2D eigenvalue weighted by Crippen LogP contribution is -2.57. The second-order valence-corrected chi connectivity index (χ2v) is 11.5. The van der Waals surface area contributed by atoms with E-state index in [1.54, 1.807) is 0 Å². The zero-order chi connectivity index (χ0) is 21.7. The Morgan fingerprint density at radius 1 is 1.17 bits per heavy atom. The molecule has 30 heavy (non-hydrogen) atoms. The zero-order valence-electron chi connectivity index (χ0n) is 19.3. The number of esters is 1. The Labute approximate surface area is 181 Å². The summed E-state index contributed by atoms with van der Waals surface area (Å²) in [7, 11) is 0. The third kappa shape index (κ3) is 3.37. The summed E-state index contributed by atoms with van der Waals surface area (Å²) in [6, 6.07) is 0. The second kappa shape index (κ2) is 8.06. The van der Waals surface area contributed by atoms with Gasteiger partial charge >= 0.3 is 5.97 Å². The Balaban J connectivity index is 1.54. The van der Waals surface area contributed by atoms with Gasteiger partial charge in [0.1, 0.15) is 18.2 Å². The Morgan fingerprint density at radius 2 is 1.93 bits per heavy atom. The summed E-state index contributed by atoms with van der Waals surface area (Å²) in [5.41, 5.74) is 0.0133. The van der Waals surface area contributed by atoms with E-state index in [0.29, 0.717) is 47.7 Å². The van der Waals surface area contributed by atoms with Crippen LogP contribution in [0.5, 0.6) is 0 Å². The van der Waals surface area contributed by atoms with Crippen molar-refractivity contribution in [3.8, 4) is 0 Å². The van der Waals surface area contributed by atoms with Gasteiger partial charge in [-0.2, -0.15) is 0 Å². The molecule has 0 aliphatic heterocycles. The summed E-state index contributed by atoms with van der Waals surface area (Å²) >= 11 is 0. The van der Waals surface area contributed by atoms with E-state index in [-0.39, 0.29) is 22.9 Å². The van der Waals surface area contributed by atoms with E-state index >= 15 is 0 Å². The van der Waals surface area contributed by atoms with E-state index in [4.69, 9.17) is 4.74 Å². The van der Waals surface area contributed by atoms with Gasteiger partial charge in [0.05, 0.1) is 0 Å². The van der Waals surface area contributed by atoms with Crippen molar-refractivity contribution in [2.24, 2.45) is 46.3 Å². The molecule has 0 radical (unpaired) electrons. The molecule has 0 N–H and O–H groups in total. The van der Waals surface area contributed by atoms with E-state index in [0.717, 1.165) is 44.8 Å². The Morgan fingerprint density at radius 3 is 2.63 bits per heavy atom. The van der Waals surface area contributed by atoms with Crippen molar-refractivity contribution in [3.05, 3.63) is 0 Å². The van der Waals surface area contributed by atoms with E-state index in [1.807, 2.05) is 0 Å². The standard InChI is InChI=1S/C26H40O4/c1-16(6-5-13-27)21-9-10-22-20-8-7-18-14-19(30-17(2)28)11-12-25(18,3)23(20)15-24(29)26(21,22)4/h13,16,18-23H,5-12,14-15H2,1-4H3/t16-,18?,19?,20+,21-,22+,23+,25+,26-/m1/s1.